The Bertz CT molecular complexity index is 1220. The largest absolute Gasteiger partial charge is 0.484 e. The Labute approximate surface area is 199 Å². The van der Waals surface area contributed by atoms with Crippen molar-refractivity contribution in [3.8, 4) is 5.75 Å². The molecule has 0 saturated carbocycles. The Balaban J connectivity index is 1.59. The zero-order chi connectivity index (χ0) is 24.8. The van der Waals surface area contributed by atoms with Crippen molar-refractivity contribution in [2.75, 3.05) is 17.7 Å². The number of amides is 2. The first-order chi connectivity index (χ1) is 16.2. The molecule has 2 aromatic heterocycles. The van der Waals surface area contributed by atoms with Crippen molar-refractivity contribution in [1.29, 1.82) is 0 Å². The first-order valence-electron chi connectivity index (χ1n) is 10.2. The predicted octanol–water partition coefficient (Wildman–Crippen LogP) is 3.17. The molecule has 0 radical (unpaired) electrons. The lowest BCUT2D eigenvalue weighted by molar-refractivity contribution is -0.113. The summed E-state index contributed by atoms with van der Waals surface area (Å²) in [6, 6.07) is 5.86. The van der Waals surface area contributed by atoms with Gasteiger partial charge in [-0.2, -0.15) is 0 Å². The van der Waals surface area contributed by atoms with Crippen molar-refractivity contribution in [1.82, 2.24) is 10.2 Å². The molecule has 3 rings (SSSR count). The number of rotatable bonds is 10. The van der Waals surface area contributed by atoms with Crippen LogP contribution >= 0.6 is 11.8 Å². The third-order valence-corrected chi connectivity index (χ3v) is 5.35. The van der Waals surface area contributed by atoms with Crippen LogP contribution in [-0.4, -0.2) is 40.3 Å². The quantitative estimate of drug-likeness (QED) is 0.320. The van der Waals surface area contributed by atoms with Crippen molar-refractivity contribution in [3.05, 3.63) is 52.1 Å². The van der Waals surface area contributed by atoms with Crippen molar-refractivity contribution in [2.24, 2.45) is 5.73 Å². The number of nitrogens with one attached hydrogen (secondary N) is 1. The van der Waals surface area contributed by atoms with E-state index >= 15 is 0 Å². The smallest absolute Gasteiger partial charge is 0.342 e. The summed E-state index contributed by atoms with van der Waals surface area (Å²) in [6.45, 7) is 7.16. The van der Waals surface area contributed by atoms with Gasteiger partial charge in [0.1, 0.15) is 22.6 Å². The average Bonchev–Trinajstić information content (AvgIpc) is 3.36. The van der Waals surface area contributed by atoms with Crippen molar-refractivity contribution in [2.45, 2.75) is 39.5 Å². The molecule has 3 N–H and O–H groups in total. The number of carbonyl (C=O) groups excluding carboxylic acids is 3. The van der Waals surface area contributed by atoms with Crippen LogP contribution in [0.5, 0.6) is 5.75 Å². The molecular formula is C22H24N4O7S. The van der Waals surface area contributed by atoms with Crippen LogP contribution in [0.4, 0.5) is 5.88 Å². The molecule has 0 saturated heterocycles. The fourth-order valence-corrected chi connectivity index (χ4v) is 3.54. The van der Waals surface area contributed by atoms with Gasteiger partial charge in [0, 0.05) is 0 Å². The van der Waals surface area contributed by atoms with Crippen LogP contribution in [0.25, 0.3) is 0 Å². The summed E-state index contributed by atoms with van der Waals surface area (Å²) in [5.74, 6) is -1.54. The molecule has 3 aromatic rings. The summed E-state index contributed by atoms with van der Waals surface area (Å²) >= 11 is 0.978. The lowest BCUT2D eigenvalue weighted by Gasteiger charge is -2.07. The summed E-state index contributed by atoms with van der Waals surface area (Å²) < 4.78 is 21.5. The summed E-state index contributed by atoms with van der Waals surface area (Å²) in [7, 11) is 0. The summed E-state index contributed by atoms with van der Waals surface area (Å²) in [5, 5.41) is 10.4. The van der Waals surface area contributed by atoms with Gasteiger partial charge in [0.25, 0.3) is 17.0 Å². The van der Waals surface area contributed by atoms with E-state index in [0.29, 0.717) is 5.75 Å². The number of carbonyl (C=O) groups is 3. The number of nitrogens with zero attached hydrogens (tertiary/aromatic N) is 2. The Morgan fingerprint density at radius 3 is 2.59 bits per heavy atom. The molecule has 11 nitrogen and oxygen atoms in total. The van der Waals surface area contributed by atoms with E-state index in [2.05, 4.69) is 15.5 Å². The van der Waals surface area contributed by atoms with Crippen LogP contribution in [0.15, 0.2) is 32.3 Å². The number of thioether (sulfide) groups is 1. The van der Waals surface area contributed by atoms with Crippen molar-refractivity contribution >= 4 is 35.4 Å². The van der Waals surface area contributed by atoms with E-state index in [0.717, 1.165) is 22.9 Å². The van der Waals surface area contributed by atoms with Crippen LogP contribution in [0, 0.1) is 20.8 Å². The molecule has 0 spiro atoms. The number of nitrogens with two attached hydrogens (primary N) is 1. The van der Waals surface area contributed by atoms with Gasteiger partial charge in [-0.15, -0.1) is 10.2 Å². The highest BCUT2D eigenvalue weighted by molar-refractivity contribution is 7.99. The van der Waals surface area contributed by atoms with Crippen molar-refractivity contribution < 1.29 is 32.7 Å². The predicted molar refractivity (Wildman–Crippen MR) is 122 cm³/mol. The molecule has 0 aliphatic carbocycles. The van der Waals surface area contributed by atoms with Gasteiger partial charge in [0.2, 0.25) is 11.8 Å². The minimum Gasteiger partial charge on any atom is -0.484 e. The topological polar surface area (TPSA) is 160 Å². The van der Waals surface area contributed by atoms with Crippen molar-refractivity contribution in [3.63, 3.8) is 0 Å². The van der Waals surface area contributed by atoms with Gasteiger partial charge in [-0.25, -0.2) is 4.79 Å². The van der Waals surface area contributed by atoms with Crippen LogP contribution in [0.1, 0.15) is 50.4 Å². The van der Waals surface area contributed by atoms with E-state index < -0.39 is 17.8 Å². The van der Waals surface area contributed by atoms with Crippen LogP contribution in [-0.2, 0) is 16.1 Å². The number of benzene rings is 1. The molecule has 34 heavy (non-hydrogen) atoms. The first-order valence-corrected chi connectivity index (χ1v) is 11.2. The number of anilines is 1. The Hall–Kier alpha value is -3.80. The van der Waals surface area contributed by atoms with Gasteiger partial charge in [-0.1, -0.05) is 23.9 Å². The van der Waals surface area contributed by atoms with Gasteiger partial charge in [0.15, 0.2) is 6.61 Å². The van der Waals surface area contributed by atoms with Gasteiger partial charge in [-0.05, 0) is 44.9 Å². The first kappa shape index (κ1) is 24.8. The molecule has 0 fully saturated rings. The standard InChI is InChI=1S/C22H24N4O7S/c1-5-30-21(29)17-13(4)32-20(18(17)19(23)28)24-15(27)10-34-22-26-25-16(33-22)9-31-14-8-11(2)6-7-12(14)3/h6-8H,5,9-10H2,1-4H3,(H2,23,28)(H,24,27). The summed E-state index contributed by atoms with van der Waals surface area (Å²) in [6.07, 6.45) is 0. The van der Waals surface area contributed by atoms with E-state index in [1.165, 1.54) is 6.92 Å². The van der Waals surface area contributed by atoms with E-state index in [1.807, 2.05) is 32.0 Å². The van der Waals surface area contributed by atoms with Gasteiger partial charge in [-0.3, -0.25) is 14.9 Å². The zero-order valence-electron chi connectivity index (χ0n) is 19.1. The monoisotopic (exact) mass is 488 g/mol. The van der Waals surface area contributed by atoms with E-state index in [-0.39, 0.29) is 52.9 Å². The van der Waals surface area contributed by atoms with E-state index in [9.17, 15) is 14.4 Å². The second-order valence-corrected chi connectivity index (χ2v) is 8.10. The maximum absolute atomic E-state index is 12.4. The molecule has 0 aliphatic heterocycles. The summed E-state index contributed by atoms with van der Waals surface area (Å²) in [5.41, 5.74) is 7.05. The second-order valence-electron chi connectivity index (χ2n) is 7.18. The molecule has 2 amide bonds. The fraction of sp³-hybridized carbons (Fsp3) is 0.318. The SMILES string of the molecule is CCOC(=O)c1c(C)oc(NC(=O)CSc2nnc(COc3cc(C)ccc3C)o2)c1C(N)=O. The molecule has 0 atom stereocenters. The van der Waals surface area contributed by atoms with Crippen LogP contribution < -0.4 is 15.8 Å². The number of furan rings is 1. The van der Waals surface area contributed by atoms with Gasteiger partial charge >= 0.3 is 5.97 Å². The minimum absolute atomic E-state index is 0.0777. The average molecular weight is 489 g/mol. The number of aromatic nitrogens is 2. The number of hydrogen-bond acceptors (Lipinski definition) is 10. The third kappa shape index (κ3) is 5.95. The molecule has 180 valence electrons. The Morgan fingerprint density at radius 1 is 1.12 bits per heavy atom. The molecule has 0 bridgehead atoms. The fourth-order valence-electron chi connectivity index (χ4n) is 2.96. The number of esters is 1. The maximum atomic E-state index is 12.4. The summed E-state index contributed by atoms with van der Waals surface area (Å²) in [4.78, 5) is 36.4. The highest BCUT2D eigenvalue weighted by Crippen LogP contribution is 2.28. The number of hydrogen-bond donors (Lipinski definition) is 2. The number of aryl methyl sites for hydroxylation is 3. The molecular weight excluding hydrogens is 464 g/mol. The van der Waals surface area contributed by atoms with Gasteiger partial charge in [0.05, 0.1) is 12.4 Å². The maximum Gasteiger partial charge on any atom is 0.342 e. The molecule has 0 unspecified atom stereocenters. The molecule has 0 aliphatic rings. The van der Waals surface area contributed by atoms with Crippen LogP contribution in [0.2, 0.25) is 0 Å². The number of primary amides is 1. The zero-order valence-corrected chi connectivity index (χ0v) is 19.9. The highest BCUT2D eigenvalue weighted by Gasteiger charge is 2.29. The molecule has 2 heterocycles. The van der Waals surface area contributed by atoms with E-state index in [4.69, 9.17) is 24.0 Å². The highest BCUT2D eigenvalue weighted by atomic mass is 32.2. The molecule has 1 aromatic carbocycles. The second kappa shape index (κ2) is 10.9. The lowest BCUT2D eigenvalue weighted by Crippen LogP contribution is -2.21. The minimum atomic E-state index is -0.937. The Kier molecular flexibility index (Phi) is 7.95. The lowest BCUT2D eigenvalue weighted by atomic mass is 10.1. The Morgan fingerprint density at radius 2 is 1.88 bits per heavy atom. The van der Waals surface area contributed by atoms with Crippen LogP contribution in [0.3, 0.4) is 0 Å². The van der Waals surface area contributed by atoms with E-state index in [1.54, 1.807) is 6.92 Å². The normalized spacial score (nSPS) is 10.7. The van der Waals surface area contributed by atoms with Gasteiger partial charge < -0.3 is 24.0 Å². The molecule has 12 heteroatoms. The number of ether oxygens (including phenoxy) is 2. The third-order valence-electron chi connectivity index (χ3n) is 4.53.